The summed E-state index contributed by atoms with van der Waals surface area (Å²) in [5.74, 6) is 0.553. The van der Waals surface area contributed by atoms with Crippen LogP contribution in [-0.4, -0.2) is 53.2 Å². The van der Waals surface area contributed by atoms with Crippen molar-refractivity contribution in [1.29, 1.82) is 0 Å². The van der Waals surface area contributed by atoms with E-state index in [1.807, 2.05) is 14.0 Å². The Hall–Kier alpha value is -0.160. The topological polar surface area (TPSA) is 52.9 Å². The van der Waals surface area contributed by atoms with E-state index in [1.54, 1.807) is 0 Å². The van der Waals surface area contributed by atoms with Crippen LogP contribution >= 0.6 is 0 Å². The highest BCUT2D eigenvalue weighted by molar-refractivity contribution is 4.85. The van der Waals surface area contributed by atoms with Gasteiger partial charge in [-0.25, -0.2) is 0 Å². The van der Waals surface area contributed by atoms with Crippen molar-refractivity contribution in [3.05, 3.63) is 0 Å². The van der Waals surface area contributed by atoms with Gasteiger partial charge in [0.25, 0.3) is 0 Å². The quantitative estimate of drug-likeness (QED) is 0.720. The van der Waals surface area contributed by atoms with Gasteiger partial charge in [-0.15, -0.1) is 0 Å². The summed E-state index contributed by atoms with van der Waals surface area (Å²) in [6.45, 7) is 7.12. The van der Waals surface area contributed by atoms with Gasteiger partial charge in [0.1, 0.15) is 6.10 Å². The zero-order valence-electron chi connectivity index (χ0n) is 10.1. The van der Waals surface area contributed by atoms with E-state index in [-0.39, 0.29) is 12.1 Å². The Balaban J connectivity index is 2.57. The molecule has 90 valence electrons. The van der Waals surface area contributed by atoms with Crippen LogP contribution in [0.1, 0.15) is 27.2 Å². The molecule has 1 aliphatic heterocycles. The van der Waals surface area contributed by atoms with Crippen molar-refractivity contribution in [2.75, 3.05) is 13.6 Å². The molecule has 0 spiro atoms. The highest BCUT2D eigenvalue weighted by Crippen LogP contribution is 2.22. The first-order valence-electron chi connectivity index (χ1n) is 5.63. The van der Waals surface area contributed by atoms with Crippen LogP contribution in [0.15, 0.2) is 0 Å². The maximum Gasteiger partial charge on any atom is 0.182 e. The van der Waals surface area contributed by atoms with Crippen molar-refractivity contribution in [1.82, 2.24) is 4.90 Å². The molecule has 1 heterocycles. The van der Waals surface area contributed by atoms with Crippen LogP contribution in [0, 0.1) is 5.92 Å². The molecule has 2 N–H and O–H groups in total. The molecule has 4 atom stereocenters. The average molecular weight is 217 g/mol. The van der Waals surface area contributed by atoms with Gasteiger partial charge in [0.05, 0.1) is 6.10 Å². The van der Waals surface area contributed by atoms with Gasteiger partial charge in [-0.3, -0.25) is 0 Å². The summed E-state index contributed by atoms with van der Waals surface area (Å²) < 4.78 is 5.16. The number of rotatable bonds is 3. The zero-order chi connectivity index (χ0) is 11.6. The molecule has 0 bridgehead atoms. The lowest BCUT2D eigenvalue weighted by atomic mass is 9.98. The monoisotopic (exact) mass is 217 g/mol. The van der Waals surface area contributed by atoms with Crippen molar-refractivity contribution in [2.45, 2.75) is 51.7 Å². The number of aliphatic hydroxyl groups is 2. The molecule has 0 radical (unpaired) electrons. The Bertz CT molecular complexity index is 198. The summed E-state index contributed by atoms with van der Waals surface area (Å²) >= 11 is 0. The van der Waals surface area contributed by atoms with Crippen LogP contribution in [0.4, 0.5) is 0 Å². The molecule has 0 aliphatic carbocycles. The van der Waals surface area contributed by atoms with Crippen LogP contribution in [0.3, 0.4) is 0 Å². The molecule has 15 heavy (non-hydrogen) atoms. The highest BCUT2D eigenvalue weighted by Gasteiger charge is 2.37. The van der Waals surface area contributed by atoms with Crippen LogP contribution in [-0.2, 0) is 4.74 Å². The first kappa shape index (κ1) is 12.9. The zero-order valence-corrected chi connectivity index (χ0v) is 10.1. The third kappa shape index (κ3) is 3.41. The standard InChI is InChI=1S/C11H23NO3/c1-7(2)6-12(4)9-5-8(3)15-11(14)10(9)13/h7-11,13-14H,5-6H2,1-4H3/t8-,9+,10-,11-/m1/s1. The Kier molecular flexibility index (Phi) is 4.52. The molecule has 0 aromatic heterocycles. The Morgan fingerprint density at radius 1 is 1.40 bits per heavy atom. The van der Waals surface area contributed by atoms with E-state index in [2.05, 4.69) is 18.7 Å². The molecule has 1 fully saturated rings. The fraction of sp³-hybridized carbons (Fsp3) is 1.00. The van der Waals surface area contributed by atoms with Crippen molar-refractivity contribution in [2.24, 2.45) is 5.92 Å². The Morgan fingerprint density at radius 3 is 2.53 bits per heavy atom. The van der Waals surface area contributed by atoms with Gasteiger partial charge in [0.15, 0.2) is 6.29 Å². The van der Waals surface area contributed by atoms with Crippen LogP contribution in [0.2, 0.25) is 0 Å². The van der Waals surface area contributed by atoms with Gasteiger partial charge in [-0.05, 0) is 26.3 Å². The van der Waals surface area contributed by atoms with E-state index >= 15 is 0 Å². The van der Waals surface area contributed by atoms with E-state index in [4.69, 9.17) is 4.74 Å². The molecule has 0 unspecified atom stereocenters. The maximum absolute atomic E-state index is 9.82. The minimum absolute atomic E-state index is 0.00279. The van der Waals surface area contributed by atoms with Gasteiger partial charge in [-0.1, -0.05) is 13.8 Å². The molecular weight excluding hydrogens is 194 g/mol. The third-order valence-electron chi connectivity index (χ3n) is 2.85. The Morgan fingerprint density at radius 2 is 2.00 bits per heavy atom. The van der Waals surface area contributed by atoms with Gasteiger partial charge >= 0.3 is 0 Å². The molecule has 0 aromatic rings. The lowest BCUT2D eigenvalue weighted by molar-refractivity contribution is -0.231. The maximum atomic E-state index is 9.82. The minimum Gasteiger partial charge on any atom is -0.386 e. The van der Waals surface area contributed by atoms with E-state index in [1.165, 1.54) is 0 Å². The second-order valence-electron chi connectivity index (χ2n) is 4.96. The molecule has 0 aromatic carbocycles. The van der Waals surface area contributed by atoms with E-state index < -0.39 is 12.4 Å². The number of aliphatic hydroxyl groups excluding tert-OH is 2. The fourth-order valence-electron chi connectivity index (χ4n) is 2.20. The third-order valence-corrected chi connectivity index (χ3v) is 2.85. The first-order valence-corrected chi connectivity index (χ1v) is 5.63. The molecule has 0 amide bonds. The summed E-state index contributed by atoms with van der Waals surface area (Å²) in [6, 6.07) is -0.00819. The largest absolute Gasteiger partial charge is 0.386 e. The summed E-state index contributed by atoms with van der Waals surface area (Å²) in [4.78, 5) is 2.11. The van der Waals surface area contributed by atoms with Crippen molar-refractivity contribution in [3.63, 3.8) is 0 Å². The predicted molar refractivity (Wildman–Crippen MR) is 58.4 cm³/mol. The predicted octanol–water partition coefficient (Wildman–Crippen LogP) is 0.431. The molecule has 1 saturated heterocycles. The second kappa shape index (κ2) is 5.25. The number of nitrogens with zero attached hydrogens (tertiary/aromatic N) is 1. The van der Waals surface area contributed by atoms with Crippen LogP contribution in [0.25, 0.3) is 0 Å². The molecular formula is C11H23NO3. The number of ether oxygens (including phenoxy) is 1. The minimum atomic E-state index is -1.05. The normalized spacial score (nSPS) is 37.6. The van der Waals surface area contributed by atoms with E-state index in [0.29, 0.717) is 5.92 Å². The SMILES string of the molecule is CC(C)CN(C)[C@H]1C[C@@H](C)O[C@@H](O)[C@@H]1O. The molecule has 0 saturated carbocycles. The molecule has 4 heteroatoms. The van der Waals surface area contributed by atoms with E-state index in [9.17, 15) is 10.2 Å². The van der Waals surface area contributed by atoms with E-state index in [0.717, 1.165) is 13.0 Å². The van der Waals surface area contributed by atoms with Crippen molar-refractivity contribution in [3.8, 4) is 0 Å². The molecule has 1 aliphatic rings. The highest BCUT2D eigenvalue weighted by atomic mass is 16.6. The summed E-state index contributed by atoms with van der Waals surface area (Å²) in [5, 5.41) is 19.3. The first-order chi connectivity index (χ1) is 6.91. The van der Waals surface area contributed by atoms with Crippen LogP contribution < -0.4 is 0 Å². The van der Waals surface area contributed by atoms with Gasteiger partial charge in [0, 0.05) is 12.6 Å². The van der Waals surface area contributed by atoms with Crippen molar-refractivity contribution >= 4 is 0 Å². The van der Waals surface area contributed by atoms with Crippen molar-refractivity contribution < 1.29 is 14.9 Å². The Labute approximate surface area is 91.8 Å². The lowest BCUT2D eigenvalue weighted by Crippen LogP contribution is -2.54. The number of hydrogen-bond acceptors (Lipinski definition) is 4. The van der Waals surface area contributed by atoms with Gasteiger partial charge in [-0.2, -0.15) is 0 Å². The lowest BCUT2D eigenvalue weighted by Gasteiger charge is -2.40. The summed E-state index contributed by atoms with van der Waals surface area (Å²) in [7, 11) is 1.98. The number of likely N-dealkylation sites (N-methyl/N-ethyl adjacent to an activating group) is 1. The van der Waals surface area contributed by atoms with Crippen LogP contribution in [0.5, 0.6) is 0 Å². The molecule has 1 rings (SSSR count). The summed E-state index contributed by atoms with van der Waals surface area (Å²) in [6.07, 6.45) is -1.08. The fourth-order valence-corrected chi connectivity index (χ4v) is 2.20. The smallest absolute Gasteiger partial charge is 0.182 e. The second-order valence-corrected chi connectivity index (χ2v) is 4.96. The van der Waals surface area contributed by atoms with Gasteiger partial charge < -0.3 is 19.8 Å². The van der Waals surface area contributed by atoms with Gasteiger partial charge in [0.2, 0.25) is 0 Å². The molecule has 4 nitrogen and oxygen atoms in total. The summed E-state index contributed by atoms with van der Waals surface area (Å²) in [5.41, 5.74) is 0. The number of hydrogen-bond donors (Lipinski definition) is 2. The average Bonchev–Trinajstić information content (AvgIpc) is 2.09.